The van der Waals surface area contributed by atoms with Crippen LogP contribution >= 0.6 is 0 Å². The molecule has 0 aromatic heterocycles. The molecule has 0 bridgehead atoms. The molecule has 2 aromatic rings. The number of rotatable bonds is 3. The number of ether oxygens (including phenoxy) is 1. The lowest BCUT2D eigenvalue weighted by molar-refractivity contribution is -0.155. The zero-order valence-corrected chi connectivity index (χ0v) is 12.4. The summed E-state index contributed by atoms with van der Waals surface area (Å²) in [5.74, 6) is -0.245. The molecule has 0 aliphatic heterocycles. The fourth-order valence-electron chi connectivity index (χ4n) is 2.03. The predicted octanol–water partition coefficient (Wildman–Crippen LogP) is 3.98. The molecule has 2 aromatic carbocycles. The van der Waals surface area contributed by atoms with E-state index in [1.165, 1.54) is 0 Å². The van der Waals surface area contributed by atoms with E-state index in [0.717, 1.165) is 16.5 Å². The highest BCUT2D eigenvalue weighted by Crippen LogP contribution is 2.24. The van der Waals surface area contributed by atoms with Crippen molar-refractivity contribution in [2.75, 3.05) is 5.32 Å². The van der Waals surface area contributed by atoms with Gasteiger partial charge in [0.2, 0.25) is 0 Å². The Hall–Kier alpha value is -2.03. The summed E-state index contributed by atoms with van der Waals surface area (Å²) in [5, 5.41) is 5.48. The lowest BCUT2D eigenvalue weighted by atomic mass is 10.1. The molecule has 1 N–H and O–H groups in total. The van der Waals surface area contributed by atoms with Crippen molar-refractivity contribution in [3.05, 3.63) is 42.5 Å². The average Bonchev–Trinajstić information content (AvgIpc) is 2.37. The molecule has 3 heteroatoms. The van der Waals surface area contributed by atoms with E-state index < -0.39 is 5.60 Å². The second-order valence-electron chi connectivity index (χ2n) is 5.93. The van der Waals surface area contributed by atoms with E-state index in [0.29, 0.717) is 0 Å². The quantitative estimate of drug-likeness (QED) is 0.858. The third kappa shape index (κ3) is 3.50. The number of hydrogen-bond donors (Lipinski definition) is 1. The van der Waals surface area contributed by atoms with Gasteiger partial charge < -0.3 is 10.1 Å². The number of carbonyl (C=O) groups is 1. The minimum atomic E-state index is -0.466. The molecule has 0 amide bonds. The Bertz CT molecular complexity index is 608. The molecule has 1 atom stereocenters. The summed E-state index contributed by atoms with van der Waals surface area (Å²) in [6.07, 6.45) is 0. The topological polar surface area (TPSA) is 38.3 Å². The molecular formula is C17H21NO2. The van der Waals surface area contributed by atoms with Crippen LogP contribution in [0.1, 0.15) is 27.7 Å². The fourth-order valence-corrected chi connectivity index (χ4v) is 2.03. The summed E-state index contributed by atoms with van der Waals surface area (Å²) in [4.78, 5) is 12.0. The van der Waals surface area contributed by atoms with Crippen LogP contribution in [-0.2, 0) is 9.53 Å². The summed E-state index contributed by atoms with van der Waals surface area (Å²) < 4.78 is 5.38. The Labute approximate surface area is 119 Å². The van der Waals surface area contributed by atoms with Gasteiger partial charge in [0.25, 0.3) is 0 Å². The highest BCUT2D eigenvalue weighted by atomic mass is 16.6. The molecule has 0 saturated carbocycles. The molecule has 0 fully saturated rings. The van der Waals surface area contributed by atoms with Crippen LogP contribution in [0.15, 0.2) is 42.5 Å². The van der Waals surface area contributed by atoms with Gasteiger partial charge in [-0.15, -0.1) is 0 Å². The van der Waals surface area contributed by atoms with Crippen LogP contribution < -0.4 is 5.32 Å². The van der Waals surface area contributed by atoms with Gasteiger partial charge in [0.1, 0.15) is 11.6 Å². The highest BCUT2D eigenvalue weighted by Gasteiger charge is 2.21. The van der Waals surface area contributed by atoms with Crippen LogP contribution in [0, 0.1) is 0 Å². The normalized spacial score (nSPS) is 13.0. The maximum atomic E-state index is 12.0. The van der Waals surface area contributed by atoms with Crippen LogP contribution in [0.3, 0.4) is 0 Å². The SMILES string of the molecule is CC(Nc1cccc2ccccc12)C(=O)OC(C)(C)C. The largest absolute Gasteiger partial charge is 0.458 e. The molecule has 20 heavy (non-hydrogen) atoms. The Kier molecular flexibility index (Phi) is 3.98. The van der Waals surface area contributed by atoms with Crippen LogP contribution in [-0.4, -0.2) is 17.6 Å². The molecule has 3 nitrogen and oxygen atoms in total. The highest BCUT2D eigenvalue weighted by molar-refractivity contribution is 5.95. The monoisotopic (exact) mass is 271 g/mol. The summed E-state index contributed by atoms with van der Waals surface area (Å²) >= 11 is 0. The Morgan fingerprint density at radius 2 is 1.75 bits per heavy atom. The number of fused-ring (bicyclic) bond motifs is 1. The minimum Gasteiger partial charge on any atom is -0.458 e. The van der Waals surface area contributed by atoms with Crippen molar-refractivity contribution >= 4 is 22.4 Å². The number of nitrogens with one attached hydrogen (secondary N) is 1. The van der Waals surface area contributed by atoms with Gasteiger partial charge in [-0.25, -0.2) is 4.79 Å². The zero-order valence-electron chi connectivity index (χ0n) is 12.4. The van der Waals surface area contributed by atoms with Crippen molar-refractivity contribution in [1.29, 1.82) is 0 Å². The van der Waals surface area contributed by atoms with Gasteiger partial charge in [0.05, 0.1) is 0 Å². The third-order valence-corrected chi connectivity index (χ3v) is 2.92. The van der Waals surface area contributed by atoms with E-state index >= 15 is 0 Å². The van der Waals surface area contributed by atoms with Gasteiger partial charge >= 0.3 is 5.97 Å². The van der Waals surface area contributed by atoms with Crippen molar-refractivity contribution in [1.82, 2.24) is 0 Å². The maximum Gasteiger partial charge on any atom is 0.328 e. The number of carbonyl (C=O) groups excluding carboxylic acids is 1. The Morgan fingerprint density at radius 1 is 1.10 bits per heavy atom. The maximum absolute atomic E-state index is 12.0. The molecule has 0 aliphatic carbocycles. The van der Waals surface area contributed by atoms with E-state index in [-0.39, 0.29) is 12.0 Å². The van der Waals surface area contributed by atoms with E-state index in [9.17, 15) is 4.79 Å². The third-order valence-electron chi connectivity index (χ3n) is 2.92. The van der Waals surface area contributed by atoms with Crippen molar-refractivity contribution in [3.63, 3.8) is 0 Å². The van der Waals surface area contributed by atoms with Gasteiger partial charge in [-0.05, 0) is 39.1 Å². The molecule has 0 spiro atoms. The first kappa shape index (κ1) is 14.4. The standard InChI is InChI=1S/C17H21NO2/c1-12(16(19)20-17(2,3)4)18-15-11-7-9-13-8-5-6-10-14(13)15/h5-12,18H,1-4H3. The van der Waals surface area contributed by atoms with Crippen LogP contribution in [0.5, 0.6) is 0 Å². The van der Waals surface area contributed by atoms with Crippen molar-refractivity contribution < 1.29 is 9.53 Å². The predicted molar refractivity (Wildman–Crippen MR) is 82.9 cm³/mol. The minimum absolute atomic E-state index is 0.245. The van der Waals surface area contributed by atoms with Crippen LogP contribution in [0.25, 0.3) is 10.8 Å². The van der Waals surface area contributed by atoms with E-state index in [2.05, 4.69) is 17.4 Å². The Morgan fingerprint density at radius 3 is 2.45 bits per heavy atom. The average molecular weight is 271 g/mol. The first-order valence-electron chi connectivity index (χ1n) is 6.84. The number of benzene rings is 2. The second kappa shape index (κ2) is 5.53. The summed E-state index contributed by atoms with van der Waals surface area (Å²) in [6, 6.07) is 13.7. The van der Waals surface area contributed by atoms with Crippen molar-refractivity contribution in [2.45, 2.75) is 39.3 Å². The summed E-state index contributed by atoms with van der Waals surface area (Å²) in [7, 11) is 0. The Balaban J connectivity index is 2.18. The van der Waals surface area contributed by atoms with Gasteiger partial charge in [0, 0.05) is 11.1 Å². The van der Waals surface area contributed by atoms with Crippen molar-refractivity contribution in [2.24, 2.45) is 0 Å². The first-order chi connectivity index (χ1) is 9.37. The molecule has 106 valence electrons. The molecule has 0 heterocycles. The molecule has 0 radical (unpaired) electrons. The van der Waals surface area contributed by atoms with Gasteiger partial charge in [-0.3, -0.25) is 0 Å². The molecule has 1 unspecified atom stereocenters. The number of anilines is 1. The molecule has 0 aliphatic rings. The summed E-state index contributed by atoms with van der Waals surface area (Å²) in [6.45, 7) is 7.43. The first-order valence-corrected chi connectivity index (χ1v) is 6.84. The van der Waals surface area contributed by atoms with E-state index in [4.69, 9.17) is 4.74 Å². The van der Waals surface area contributed by atoms with Gasteiger partial charge in [0.15, 0.2) is 0 Å². The molecular weight excluding hydrogens is 250 g/mol. The lowest BCUT2D eigenvalue weighted by Gasteiger charge is -2.23. The van der Waals surface area contributed by atoms with Crippen LogP contribution in [0.4, 0.5) is 5.69 Å². The van der Waals surface area contributed by atoms with Crippen LogP contribution in [0.2, 0.25) is 0 Å². The number of esters is 1. The number of hydrogen-bond acceptors (Lipinski definition) is 3. The smallest absolute Gasteiger partial charge is 0.328 e. The fraction of sp³-hybridized carbons (Fsp3) is 0.353. The summed E-state index contributed by atoms with van der Waals surface area (Å²) in [5.41, 5.74) is 0.479. The zero-order chi connectivity index (χ0) is 14.8. The molecule has 2 rings (SSSR count). The van der Waals surface area contributed by atoms with Gasteiger partial charge in [-0.1, -0.05) is 36.4 Å². The lowest BCUT2D eigenvalue weighted by Crippen LogP contribution is -2.34. The molecule has 0 saturated heterocycles. The van der Waals surface area contributed by atoms with E-state index in [1.807, 2.05) is 58.0 Å². The van der Waals surface area contributed by atoms with Crippen molar-refractivity contribution in [3.8, 4) is 0 Å². The van der Waals surface area contributed by atoms with E-state index in [1.54, 1.807) is 0 Å². The second-order valence-corrected chi connectivity index (χ2v) is 5.93. The van der Waals surface area contributed by atoms with Gasteiger partial charge in [-0.2, -0.15) is 0 Å².